The van der Waals surface area contributed by atoms with Gasteiger partial charge in [0.1, 0.15) is 0 Å². The number of nitrogens with zero attached hydrogens (tertiary/aromatic N) is 2. The SMILES string of the molecule is CSc1ccc(N2CC(C(=O)Nc3cccc(CN4CCCC4=O)c3)CC2=O)cc1. The zero-order chi connectivity index (χ0) is 21.1. The van der Waals surface area contributed by atoms with Crippen molar-refractivity contribution in [2.45, 2.75) is 30.7 Å². The Bertz CT molecular complexity index is 960. The number of rotatable bonds is 6. The molecule has 2 aliphatic heterocycles. The zero-order valence-corrected chi connectivity index (χ0v) is 17.8. The number of carbonyl (C=O) groups excluding carboxylic acids is 3. The van der Waals surface area contributed by atoms with Crippen molar-refractivity contribution in [3.8, 4) is 0 Å². The molecule has 2 heterocycles. The van der Waals surface area contributed by atoms with Gasteiger partial charge in [0.2, 0.25) is 17.7 Å². The Morgan fingerprint density at radius 2 is 1.93 bits per heavy atom. The maximum absolute atomic E-state index is 12.8. The van der Waals surface area contributed by atoms with Crippen LogP contribution in [0.1, 0.15) is 24.8 Å². The molecular formula is C23H25N3O3S. The Labute approximate surface area is 180 Å². The predicted molar refractivity (Wildman–Crippen MR) is 118 cm³/mol. The van der Waals surface area contributed by atoms with E-state index in [4.69, 9.17) is 0 Å². The Hall–Kier alpha value is -2.80. The minimum Gasteiger partial charge on any atom is -0.338 e. The van der Waals surface area contributed by atoms with E-state index >= 15 is 0 Å². The fourth-order valence-corrected chi connectivity index (χ4v) is 4.39. The van der Waals surface area contributed by atoms with Crippen LogP contribution >= 0.6 is 11.8 Å². The van der Waals surface area contributed by atoms with Gasteiger partial charge in [-0.25, -0.2) is 0 Å². The molecule has 1 atom stereocenters. The molecule has 3 amide bonds. The van der Waals surface area contributed by atoms with Crippen LogP contribution < -0.4 is 10.2 Å². The van der Waals surface area contributed by atoms with Crippen molar-refractivity contribution in [1.82, 2.24) is 4.90 Å². The van der Waals surface area contributed by atoms with Crippen LogP contribution in [0.5, 0.6) is 0 Å². The van der Waals surface area contributed by atoms with E-state index in [1.54, 1.807) is 16.7 Å². The highest BCUT2D eigenvalue weighted by Gasteiger charge is 2.35. The predicted octanol–water partition coefficient (Wildman–Crippen LogP) is 3.52. The molecule has 1 unspecified atom stereocenters. The lowest BCUT2D eigenvalue weighted by atomic mass is 10.1. The molecule has 0 bridgehead atoms. The summed E-state index contributed by atoms with van der Waals surface area (Å²) >= 11 is 1.65. The molecule has 1 N–H and O–H groups in total. The summed E-state index contributed by atoms with van der Waals surface area (Å²) in [6.07, 6.45) is 3.73. The van der Waals surface area contributed by atoms with Crippen molar-refractivity contribution in [1.29, 1.82) is 0 Å². The van der Waals surface area contributed by atoms with Gasteiger partial charge in [-0.2, -0.15) is 0 Å². The summed E-state index contributed by atoms with van der Waals surface area (Å²) in [5.74, 6) is -0.393. The van der Waals surface area contributed by atoms with Crippen LogP contribution in [0.2, 0.25) is 0 Å². The highest BCUT2D eigenvalue weighted by Crippen LogP contribution is 2.28. The number of likely N-dealkylation sites (tertiary alicyclic amines) is 1. The Balaban J connectivity index is 1.38. The number of hydrogen-bond donors (Lipinski definition) is 1. The van der Waals surface area contributed by atoms with Crippen LogP contribution in [0.4, 0.5) is 11.4 Å². The minimum absolute atomic E-state index is 0.0339. The molecule has 30 heavy (non-hydrogen) atoms. The standard InChI is InChI=1S/C23H25N3O3S/c1-30-20-9-7-19(8-10-20)26-15-17(13-22(26)28)23(29)24-18-5-2-4-16(12-18)14-25-11-3-6-21(25)27/h2,4-5,7-10,12,17H,3,6,11,13-15H2,1H3,(H,24,29). The number of amides is 3. The van der Waals surface area contributed by atoms with Gasteiger partial charge in [0.25, 0.3) is 0 Å². The smallest absolute Gasteiger partial charge is 0.229 e. The van der Waals surface area contributed by atoms with Gasteiger partial charge in [-0.3, -0.25) is 14.4 Å². The monoisotopic (exact) mass is 423 g/mol. The molecular weight excluding hydrogens is 398 g/mol. The lowest BCUT2D eigenvalue weighted by molar-refractivity contribution is -0.128. The number of nitrogens with one attached hydrogen (secondary N) is 1. The first-order valence-electron chi connectivity index (χ1n) is 10.2. The summed E-state index contributed by atoms with van der Waals surface area (Å²) in [6.45, 7) is 1.73. The van der Waals surface area contributed by atoms with E-state index in [2.05, 4.69) is 5.32 Å². The van der Waals surface area contributed by atoms with E-state index in [1.165, 1.54) is 0 Å². The summed E-state index contributed by atoms with van der Waals surface area (Å²) in [5, 5.41) is 2.95. The first-order chi connectivity index (χ1) is 14.5. The van der Waals surface area contributed by atoms with E-state index < -0.39 is 0 Å². The molecule has 0 aromatic heterocycles. The number of hydrogen-bond acceptors (Lipinski definition) is 4. The van der Waals surface area contributed by atoms with Crippen LogP contribution in [0.15, 0.2) is 53.4 Å². The fourth-order valence-electron chi connectivity index (χ4n) is 3.98. The van der Waals surface area contributed by atoms with Crippen LogP contribution in [0.25, 0.3) is 0 Å². The molecule has 7 heteroatoms. The van der Waals surface area contributed by atoms with Gasteiger partial charge >= 0.3 is 0 Å². The van der Waals surface area contributed by atoms with Crippen LogP contribution in [0, 0.1) is 5.92 Å². The van der Waals surface area contributed by atoms with Crippen molar-refractivity contribution in [2.24, 2.45) is 5.92 Å². The Kier molecular flexibility index (Phi) is 6.08. The average Bonchev–Trinajstić information content (AvgIpc) is 3.34. The highest BCUT2D eigenvalue weighted by atomic mass is 32.2. The van der Waals surface area contributed by atoms with Crippen molar-refractivity contribution in [3.63, 3.8) is 0 Å². The van der Waals surface area contributed by atoms with E-state index in [0.717, 1.165) is 29.1 Å². The molecule has 6 nitrogen and oxygen atoms in total. The second kappa shape index (κ2) is 8.92. The number of anilines is 2. The molecule has 4 rings (SSSR count). The maximum Gasteiger partial charge on any atom is 0.229 e. The maximum atomic E-state index is 12.8. The van der Waals surface area contributed by atoms with Crippen LogP contribution in [-0.2, 0) is 20.9 Å². The molecule has 0 radical (unpaired) electrons. The van der Waals surface area contributed by atoms with E-state index in [9.17, 15) is 14.4 Å². The molecule has 2 saturated heterocycles. The van der Waals surface area contributed by atoms with Crippen molar-refractivity contribution in [3.05, 3.63) is 54.1 Å². The molecule has 2 fully saturated rings. The zero-order valence-electron chi connectivity index (χ0n) is 17.0. The third kappa shape index (κ3) is 4.51. The van der Waals surface area contributed by atoms with E-state index in [1.807, 2.05) is 59.7 Å². The van der Waals surface area contributed by atoms with Gasteiger partial charge in [-0.05, 0) is 54.6 Å². The molecule has 0 aliphatic carbocycles. The largest absolute Gasteiger partial charge is 0.338 e. The van der Waals surface area contributed by atoms with Gasteiger partial charge in [-0.1, -0.05) is 12.1 Å². The van der Waals surface area contributed by atoms with E-state index in [-0.39, 0.29) is 30.1 Å². The minimum atomic E-state index is -0.387. The number of thioether (sulfide) groups is 1. The van der Waals surface area contributed by atoms with Crippen molar-refractivity contribution < 1.29 is 14.4 Å². The Morgan fingerprint density at radius 3 is 2.63 bits per heavy atom. The molecule has 2 aromatic carbocycles. The normalized spacial score (nSPS) is 18.9. The molecule has 2 aliphatic rings. The van der Waals surface area contributed by atoms with Gasteiger partial charge < -0.3 is 15.1 Å². The lowest BCUT2D eigenvalue weighted by Gasteiger charge is -2.18. The summed E-state index contributed by atoms with van der Waals surface area (Å²) in [5.41, 5.74) is 2.51. The number of benzene rings is 2. The Morgan fingerprint density at radius 1 is 1.13 bits per heavy atom. The fraction of sp³-hybridized carbons (Fsp3) is 0.348. The molecule has 0 spiro atoms. The summed E-state index contributed by atoms with van der Waals surface area (Å²) in [6, 6.07) is 15.4. The highest BCUT2D eigenvalue weighted by molar-refractivity contribution is 7.98. The quantitative estimate of drug-likeness (QED) is 0.722. The average molecular weight is 424 g/mol. The molecule has 156 valence electrons. The molecule has 2 aromatic rings. The van der Waals surface area contributed by atoms with Crippen molar-refractivity contribution >= 4 is 40.9 Å². The second-order valence-corrected chi connectivity index (χ2v) is 8.59. The summed E-state index contributed by atoms with van der Waals surface area (Å²) in [7, 11) is 0. The van der Waals surface area contributed by atoms with Crippen LogP contribution in [-0.4, -0.2) is 42.0 Å². The van der Waals surface area contributed by atoms with Gasteiger partial charge in [0, 0.05) is 48.7 Å². The summed E-state index contributed by atoms with van der Waals surface area (Å²) in [4.78, 5) is 41.8. The number of carbonyl (C=O) groups is 3. The second-order valence-electron chi connectivity index (χ2n) is 7.71. The first-order valence-corrected chi connectivity index (χ1v) is 11.4. The third-order valence-electron chi connectivity index (χ3n) is 5.62. The van der Waals surface area contributed by atoms with E-state index in [0.29, 0.717) is 25.2 Å². The summed E-state index contributed by atoms with van der Waals surface area (Å²) < 4.78 is 0. The van der Waals surface area contributed by atoms with Crippen LogP contribution in [0.3, 0.4) is 0 Å². The first kappa shape index (κ1) is 20.5. The van der Waals surface area contributed by atoms with Gasteiger partial charge in [0.05, 0.1) is 5.92 Å². The molecule has 0 saturated carbocycles. The lowest BCUT2D eigenvalue weighted by Crippen LogP contribution is -2.28. The van der Waals surface area contributed by atoms with Gasteiger partial charge in [0.15, 0.2) is 0 Å². The van der Waals surface area contributed by atoms with Gasteiger partial charge in [-0.15, -0.1) is 11.8 Å². The van der Waals surface area contributed by atoms with Crippen molar-refractivity contribution in [2.75, 3.05) is 29.6 Å². The topological polar surface area (TPSA) is 69.7 Å². The third-order valence-corrected chi connectivity index (χ3v) is 6.36.